The van der Waals surface area contributed by atoms with Crippen LogP contribution in [0.25, 0.3) is 0 Å². The Morgan fingerprint density at radius 2 is 2.27 bits per heavy atom. The van der Waals surface area contributed by atoms with E-state index in [0.717, 1.165) is 18.4 Å². The average molecular weight is 232 g/mol. The molecule has 0 amide bonds. The summed E-state index contributed by atoms with van der Waals surface area (Å²) in [5.41, 5.74) is 6.71. The van der Waals surface area contributed by atoms with Gasteiger partial charge in [-0.2, -0.15) is 0 Å². The van der Waals surface area contributed by atoms with Crippen molar-refractivity contribution in [2.24, 2.45) is 5.73 Å². The van der Waals surface area contributed by atoms with Gasteiger partial charge in [-0.1, -0.05) is 17.7 Å². The topological polar surface area (TPSA) is 35.2 Å². The molecule has 1 unspecified atom stereocenters. The molecule has 1 atom stereocenters. The highest BCUT2D eigenvalue weighted by Gasteiger charge is 2.10. The Kier molecular flexibility index (Phi) is 5.02. The third-order valence-electron chi connectivity index (χ3n) is 2.23. The molecule has 1 aromatic rings. The zero-order chi connectivity index (χ0) is 11.3. The molecule has 2 N–H and O–H groups in total. The van der Waals surface area contributed by atoms with Gasteiger partial charge >= 0.3 is 0 Å². The summed E-state index contributed by atoms with van der Waals surface area (Å²) in [6.07, 6.45) is 1.64. The molecule has 15 heavy (non-hydrogen) atoms. The van der Waals surface area contributed by atoms with E-state index < -0.39 is 0 Å². The minimum Gasteiger partial charge on any atom is -0.385 e. The largest absolute Gasteiger partial charge is 0.385 e. The van der Waals surface area contributed by atoms with Gasteiger partial charge in [-0.15, -0.1) is 0 Å². The second kappa shape index (κ2) is 6.05. The molecule has 0 aliphatic heterocycles. The van der Waals surface area contributed by atoms with Gasteiger partial charge in [0.1, 0.15) is 5.82 Å². The van der Waals surface area contributed by atoms with Crippen LogP contribution in [0.1, 0.15) is 24.4 Å². The summed E-state index contributed by atoms with van der Waals surface area (Å²) in [6.45, 7) is 0.673. The van der Waals surface area contributed by atoms with Crippen LogP contribution in [0.2, 0.25) is 5.02 Å². The molecule has 0 aliphatic rings. The minimum atomic E-state index is -0.340. The predicted octanol–water partition coefficient (Wildman–Crippen LogP) is 2.91. The summed E-state index contributed by atoms with van der Waals surface area (Å²) in [6, 6.07) is 4.13. The first-order valence-electron chi connectivity index (χ1n) is 4.84. The highest BCUT2D eigenvalue weighted by atomic mass is 35.5. The van der Waals surface area contributed by atoms with E-state index in [1.807, 2.05) is 0 Å². The molecule has 1 aromatic carbocycles. The molecular weight excluding hydrogens is 217 g/mol. The number of hydrogen-bond acceptors (Lipinski definition) is 2. The third-order valence-corrected chi connectivity index (χ3v) is 2.55. The zero-order valence-corrected chi connectivity index (χ0v) is 9.43. The van der Waals surface area contributed by atoms with Crippen LogP contribution in [0.4, 0.5) is 4.39 Å². The Hall–Kier alpha value is -0.640. The molecule has 0 radical (unpaired) electrons. The number of methoxy groups -OCH3 is 1. The highest BCUT2D eigenvalue weighted by Crippen LogP contribution is 2.25. The monoisotopic (exact) mass is 231 g/mol. The first-order valence-corrected chi connectivity index (χ1v) is 5.22. The number of benzene rings is 1. The SMILES string of the molecule is COCCCC(N)c1ccc(F)cc1Cl. The smallest absolute Gasteiger partial charge is 0.124 e. The van der Waals surface area contributed by atoms with E-state index >= 15 is 0 Å². The maximum atomic E-state index is 12.8. The van der Waals surface area contributed by atoms with Crippen LogP contribution in [0, 0.1) is 5.82 Å². The lowest BCUT2D eigenvalue weighted by atomic mass is 10.0. The van der Waals surface area contributed by atoms with Crippen molar-refractivity contribution in [1.82, 2.24) is 0 Å². The molecular formula is C11H15ClFNO. The van der Waals surface area contributed by atoms with Gasteiger partial charge in [-0.05, 0) is 30.5 Å². The number of nitrogens with two attached hydrogens (primary N) is 1. The summed E-state index contributed by atoms with van der Waals surface area (Å²) in [5.74, 6) is -0.340. The summed E-state index contributed by atoms with van der Waals surface area (Å²) >= 11 is 5.89. The fraction of sp³-hybridized carbons (Fsp3) is 0.455. The fourth-order valence-electron chi connectivity index (χ4n) is 1.41. The summed E-state index contributed by atoms with van der Waals surface area (Å²) < 4.78 is 17.7. The predicted molar refractivity (Wildman–Crippen MR) is 59.4 cm³/mol. The van der Waals surface area contributed by atoms with Crippen LogP contribution in [-0.2, 0) is 4.74 Å². The van der Waals surface area contributed by atoms with E-state index in [1.54, 1.807) is 13.2 Å². The second-order valence-electron chi connectivity index (χ2n) is 3.41. The summed E-state index contributed by atoms with van der Waals surface area (Å²) in [4.78, 5) is 0. The molecule has 2 nitrogen and oxygen atoms in total. The lowest BCUT2D eigenvalue weighted by Gasteiger charge is -2.13. The molecule has 0 bridgehead atoms. The van der Waals surface area contributed by atoms with Crippen LogP contribution in [0.3, 0.4) is 0 Å². The Balaban J connectivity index is 2.61. The first-order chi connectivity index (χ1) is 7.15. The third kappa shape index (κ3) is 3.78. The maximum absolute atomic E-state index is 12.8. The van der Waals surface area contributed by atoms with Crippen LogP contribution in [-0.4, -0.2) is 13.7 Å². The van der Waals surface area contributed by atoms with Crippen molar-refractivity contribution in [1.29, 1.82) is 0 Å². The lowest BCUT2D eigenvalue weighted by Crippen LogP contribution is -2.11. The minimum absolute atomic E-state index is 0.159. The highest BCUT2D eigenvalue weighted by molar-refractivity contribution is 6.31. The van der Waals surface area contributed by atoms with Gasteiger partial charge in [0.25, 0.3) is 0 Å². The second-order valence-corrected chi connectivity index (χ2v) is 3.81. The molecule has 0 saturated carbocycles. The maximum Gasteiger partial charge on any atom is 0.124 e. The van der Waals surface area contributed by atoms with Gasteiger partial charge in [0.2, 0.25) is 0 Å². The van der Waals surface area contributed by atoms with Gasteiger partial charge < -0.3 is 10.5 Å². The molecule has 0 aliphatic carbocycles. The van der Waals surface area contributed by atoms with Gasteiger partial charge in [0.05, 0.1) is 0 Å². The molecule has 4 heteroatoms. The van der Waals surface area contributed by atoms with Crippen molar-refractivity contribution in [3.05, 3.63) is 34.6 Å². The van der Waals surface area contributed by atoms with E-state index in [4.69, 9.17) is 22.1 Å². The molecule has 1 rings (SSSR count). The van der Waals surface area contributed by atoms with Gasteiger partial charge in [-0.3, -0.25) is 0 Å². The summed E-state index contributed by atoms with van der Waals surface area (Å²) in [7, 11) is 1.65. The van der Waals surface area contributed by atoms with E-state index in [-0.39, 0.29) is 11.9 Å². The number of halogens is 2. The standard InChI is InChI=1S/C11H15ClFNO/c1-15-6-2-3-11(14)9-5-4-8(13)7-10(9)12/h4-5,7,11H,2-3,6,14H2,1H3. The molecule has 0 fully saturated rings. The van der Waals surface area contributed by atoms with E-state index in [9.17, 15) is 4.39 Å². The van der Waals surface area contributed by atoms with E-state index in [2.05, 4.69) is 0 Å². The Morgan fingerprint density at radius 3 is 2.87 bits per heavy atom. The number of hydrogen-bond donors (Lipinski definition) is 1. The Morgan fingerprint density at radius 1 is 1.53 bits per heavy atom. The van der Waals surface area contributed by atoms with Crippen molar-refractivity contribution >= 4 is 11.6 Å². The molecule has 0 heterocycles. The van der Waals surface area contributed by atoms with Crippen molar-refractivity contribution in [2.45, 2.75) is 18.9 Å². The molecule has 0 spiro atoms. The first kappa shape index (κ1) is 12.4. The van der Waals surface area contributed by atoms with Crippen LogP contribution >= 0.6 is 11.6 Å². The average Bonchev–Trinajstić information content (AvgIpc) is 2.17. The number of ether oxygens (including phenoxy) is 1. The van der Waals surface area contributed by atoms with Gasteiger partial charge in [0, 0.05) is 24.8 Å². The van der Waals surface area contributed by atoms with Crippen LogP contribution in [0.15, 0.2) is 18.2 Å². The molecule has 0 saturated heterocycles. The van der Waals surface area contributed by atoms with Crippen molar-refractivity contribution in [3.63, 3.8) is 0 Å². The normalized spacial score (nSPS) is 12.8. The van der Waals surface area contributed by atoms with E-state index in [0.29, 0.717) is 11.6 Å². The molecule has 84 valence electrons. The fourth-order valence-corrected chi connectivity index (χ4v) is 1.71. The zero-order valence-electron chi connectivity index (χ0n) is 8.67. The van der Waals surface area contributed by atoms with Gasteiger partial charge in [0.15, 0.2) is 0 Å². The Labute approximate surface area is 94.2 Å². The number of rotatable bonds is 5. The summed E-state index contributed by atoms with van der Waals surface area (Å²) in [5, 5.41) is 0.389. The van der Waals surface area contributed by atoms with Crippen LogP contribution < -0.4 is 5.73 Å². The van der Waals surface area contributed by atoms with Gasteiger partial charge in [-0.25, -0.2) is 4.39 Å². The van der Waals surface area contributed by atoms with Crippen molar-refractivity contribution < 1.29 is 9.13 Å². The Bertz CT molecular complexity index is 319. The van der Waals surface area contributed by atoms with Crippen LogP contribution in [0.5, 0.6) is 0 Å². The van der Waals surface area contributed by atoms with E-state index in [1.165, 1.54) is 12.1 Å². The van der Waals surface area contributed by atoms with Crippen molar-refractivity contribution in [2.75, 3.05) is 13.7 Å². The lowest BCUT2D eigenvalue weighted by molar-refractivity contribution is 0.190. The van der Waals surface area contributed by atoms with Crippen molar-refractivity contribution in [3.8, 4) is 0 Å². The quantitative estimate of drug-likeness (QED) is 0.791. The molecule has 0 aromatic heterocycles.